The van der Waals surface area contributed by atoms with Gasteiger partial charge in [0.2, 0.25) is 0 Å². The van der Waals surface area contributed by atoms with Gasteiger partial charge in [-0.1, -0.05) is 35.9 Å². The van der Waals surface area contributed by atoms with E-state index in [1.807, 2.05) is 36.5 Å². The standard InChI is InChI=1S/C25H22ClN3O/c26-24-12-16(22-4-2-1-3-17(22)13-27)6-10-23(24)25(30)29(20-8-9-20)21-7-5-18-14-28-15-19(18)11-21/h1-4,6,10,12,15,20-21H,5,7-9,11,14H2. The van der Waals surface area contributed by atoms with Crippen molar-refractivity contribution in [1.82, 2.24) is 4.90 Å². The maximum Gasteiger partial charge on any atom is 0.255 e. The molecule has 2 aromatic carbocycles. The molecule has 1 unspecified atom stereocenters. The fourth-order valence-electron chi connectivity index (χ4n) is 4.64. The van der Waals surface area contributed by atoms with Crippen LogP contribution in [0.2, 0.25) is 5.02 Å². The van der Waals surface area contributed by atoms with Crippen molar-refractivity contribution >= 4 is 23.7 Å². The first-order valence-electron chi connectivity index (χ1n) is 10.5. The quantitative estimate of drug-likeness (QED) is 0.669. The highest BCUT2D eigenvalue weighted by molar-refractivity contribution is 6.34. The van der Waals surface area contributed by atoms with E-state index in [1.54, 1.807) is 12.1 Å². The summed E-state index contributed by atoms with van der Waals surface area (Å²) < 4.78 is 0. The summed E-state index contributed by atoms with van der Waals surface area (Å²) in [7, 11) is 0. The van der Waals surface area contributed by atoms with E-state index in [0.717, 1.165) is 49.8 Å². The van der Waals surface area contributed by atoms with E-state index < -0.39 is 0 Å². The zero-order valence-electron chi connectivity index (χ0n) is 16.6. The van der Waals surface area contributed by atoms with E-state index in [-0.39, 0.29) is 11.9 Å². The SMILES string of the molecule is N#Cc1ccccc1-c1ccc(C(=O)N(C2CC2)C2CCC3=C(C=NC3)C2)c(Cl)c1. The Morgan fingerprint density at radius 1 is 1.13 bits per heavy atom. The zero-order chi connectivity index (χ0) is 20.7. The number of hydrogen-bond acceptors (Lipinski definition) is 3. The molecule has 2 aromatic rings. The van der Waals surface area contributed by atoms with Crippen LogP contribution in [0.15, 0.2) is 58.6 Å². The lowest BCUT2D eigenvalue weighted by molar-refractivity contribution is 0.0645. The topological polar surface area (TPSA) is 56.5 Å². The van der Waals surface area contributed by atoms with Crippen LogP contribution < -0.4 is 0 Å². The van der Waals surface area contributed by atoms with Crippen molar-refractivity contribution < 1.29 is 4.79 Å². The van der Waals surface area contributed by atoms with Crippen LogP contribution in [0.25, 0.3) is 11.1 Å². The number of nitriles is 1. The Morgan fingerprint density at radius 3 is 2.73 bits per heavy atom. The molecule has 4 nitrogen and oxygen atoms in total. The van der Waals surface area contributed by atoms with Crippen LogP contribution in [-0.2, 0) is 0 Å². The Morgan fingerprint density at radius 2 is 1.97 bits per heavy atom. The minimum atomic E-state index is 0.0200. The van der Waals surface area contributed by atoms with Crippen LogP contribution in [0.1, 0.15) is 48.0 Å². The third kappa shape index (κ3) is 3.44. The largest absolute Gasteiger partial charge is 0.332 e. The molecule has 5 rings (SSSR count). The molecule has 30 heavy (non-hydrogen) atoms. The highest BCUT2D eigenvalue weighted by Gasteiger charge is 2.40. The summed E-state index contributed by atoms with van der Waals surface area (Å²) in [6, 6.07) is 15.7. The van der Waals surface area contributed by atoms with Crippen LogP contribution in [0.4, 0.5) is 0 Å². The Kier molecular flexibility index (Phi) is 4.92. The summed E-state index contributed by atoms with van der Waals surface area (Å²) in [4.78, 5) is 20.0. The van der Waals surface area contributed by atoms with Gasteiger partial charge in [-0.05, 0) is 72.6 Å². The van der Waals surface area contributed by atoms with E-state index >= 15 is 0 Å². The molecule has 1 saturated carbocycles. The summed E-state index contributed by atoms with van der Waals surface area (Å²) in [5.41, 5.74) is 5.57. The number of carbonyl (C=O) groups excluding carboxylic acids is 1. The molecule has 150 valence electrons. The van der Waals surface area contributed by atoms with E-state index in [2.05, 4.69) is 16.0 Å². The first kappa shape index (κ1) is 19.1. The lowest BCUT2D eigenvalue weighted by Crippen LogP contribution is -2.43. The molecule has 0 spiro atoms. The van der Waals surface area contributed by atoms with Gasteiger partial charge in [-0.3, -0.25) is 9.79 Å². The molecule has 0 radical (unpaired) electrons. The van der Waals surface area contributed by atoms with Crippen molar-refractivity contribution in [3.8, 4) is 17.2 Å². The highest BCUT2D eigenvalue weighted by Crippen LogP contribution is 2.38. The summed E-state index contributed by atoms with van der Waals surface area (Å²) in [6.45, 7) is 0.830. The van der Waals surface area contributed by atoms with Crippen molar-refractivity contribution in [3.63, 3.8) is 0 Å². The van der Waals surface area contributed by atoms with Crippen LogP contribution >= 0.6 is 11.6 Å². The third-order valence-corrected chi connectivity index (χ3v) is 6.66. The minimum Gasteiger partial charge on any atom is -0.332 e. The Labute approximate surface area is 181 Å². The van der Waals surface area contributed by atoms with Crippen molar-refractivity contribution in [2.45, 2.75) is 44.2 Å². The molecule has 1 fully saturated rings. The van der Waals surface area contributed by atoms with Crippen molar-refractivity contribution in [2.24, 2.45) is 4.99 Å². The number of carbonyl (C=O) groups is 1. The summed E-state index contributed by atoms with van der Waals surface area (Å²) in [5, 5.41) is 9.82. The third-order valence-electron chi connectivity index (χ3n) is 6.34. The predicted molar refractivity (Wildman–Crippen MR) is 119 cm³/mol. The lowest BCUT2D eigenvalue weighted by atomic mass is 9.88. The first-order valence-corrected chi connectivity index (χ1v) is 10.9. The second-order valence-corrected chi connectivity index (χ2v) is 8.70. The van der Waals surface area contributed by atoms with E-state index in [0.29, 0.717) is 22.2 Å². The van der Waals surface area contributed by atoms with Gasteiger partial charge in [0.15, 0.2) is 0 Å². The summed E-state index contributed by atoms with van der Waals surface area (Å²) >= 11 is 6.61. The van der Waals surface area contributed by atoms with Gasteiger partial charge in [0.25, 0.3) is 5.91 Å². The Balaban J connectivity index is 1.43. The summed E-state index contributed by atoms with van der Waals surface area (Å²) in [6.07, 6.45) is 7.03. The fourth-order valence-corrected chi connectivity index (χ4v) is 4.90. The molecule has 0 bridgehead atoms. The lowest BCUT2D eigenvalue weighted by Gasteiger charge is -2.35. The molecular formula is C25H22ClN3O. The second-order valence-electron chi connectivity index (χ2n) is 8.29. The van der Waals surface area contributed by atoms with Crippen molar-refractivity contribution in [3.05, 3.63) is 69.8 Å². The van der Waals surface area contributed by atoms with Crippen LogP contribution in [0.3, 0.4) is 0 Å². The Bertz CT molecular complexity index is 1120. The molecule has 1 aliphatic heterocycles. The number of nitrogens with zero attached hydrogens (tertiary/aromatic N) is 3. The smallest absolute Gasteiger partial charge is 0.255 e. The van der Waals surface area contributed by atoms with Crippen molar-refractivity contribution in [2.75, 3.05) is 6.54 Å². The van der Waals surface area contributed by atoms with E-state index in [9.17, 15) is 10.1 Å². The van der Waals surface area contributed by atoms with Crippen LogP contribution in [0.5, 0.6) is 0 Å². The first-order chi connectivity index (χ1) is 14.7. The predicted octanol–water partition coefficient (Wildman–Crippen LogP) is 5.42. The zero-order valence-corrected chi connectivity index (χ0v) is 17.4. The molecule has 0 aromatic heterocycles. The number of hydrogen-bond donors (Lipinski definition) is 0. The number of rotatable bonds is 4. The molecule has 1 heterocycles. The number of benzene rings is 2. The molecule has 5 heteroatoms. The number of aliphatic imine (C=N–C) groups is 1. The maximum absolute atomic E-state index is 13.5. The number of halogens is 1. The number of amides is 1. The van der Waals surface area contributed by atoms with Gasteiger partial charge in [-0.2, -0.15) is 5.26 Å². The molecule has 0 N–H and O–H groups in total. The maximum atomic E-state index is 13.5. The monoisotopic (exact) mass is 415 g/mol. The Hall–Kier alpha value is -2.90. The fraction of sp³-hybridized carbons (Fsp3) is 0.320. The van der Waals surface area contributed by atoms with Gasteiger partial charge >= 0.3 is 0 Å². The van der Waals surface area contributed by atoms with Gasteiger partial charge in [-0.15, -0.1) is 0 Å². The molecular weight excluding hydrogens is 394 g/mol. The second kappa shape index (κ2) is 7.74. The average molecular weight is 416 g/mol. The molecule has 0 saturated heterocycles. The van der Waals surface area contributed by atoms with Gasteiger partial charge in [0.05, 0.1) is 28.8 Å². The van der Waals surface area contributed by atoms with Gasteiger partial charge in [-0.25, -0.2) is 0 Å². The van der Waals surface area contributed by atoms with Gasteiger partial charge in [0, 0.05) is 18.3 Å². The van der Waals surface area contributed by atoms with E-state index in [4.69, 9.17) is 11.6 Å². The van der Waals surface area contributed by atoms with Crippen molar-refractivity contribution in [1.29, 1.82) is 5.26 Å². The van der Waals surface area contributed by atoms with Crippen LogP contribution in [-0.4, -0.2) is 35.7 Å². The van der Waals surface area contributed by atoms with E-state index in [1.165, 1.54) is 11.1 Å². The molecule has 3 aliphatic rings. The summed E-state index contributed by atoms with van der Waals surface area (Å²) in [5.74, 6) is 0.0200. The molecule has 1 atom stereocenters. The highest BCUT2D eigenvalue weighted by atomic mass is 35.5. The normalized spacial score (nSPS) is 20.1. The van der Waals surface area contributed by atoms with Gasteiger partial charge in [0.1, 0.15) is 0 Å². The molecule has 2 aliphatic carbocycles. The van der Waals surface area contributed by atoms with Gasteiger partial charge < -0.3 is 4.90 Å². The minimum absolute atomic E-state index is 0.0200. The van der Waals surface area contributed by atoms with Crippen LogP contribution in [0, 0.1) is 11.3 Å². The average Bonchev–Trinajstić information content (AvgIpc) is 3.49. The molecule has 1 amide bonds.